The minimum Gasteiger partial charge on any atom is -0.380 e. The summed E-state index contributed by atoms with van der Waals surface area (Å²) >= 11 is 0. The zero-order valence-corrected chi connectivity index (χ0v) is 7.82. The SMILES string of the molecule is COC1CNCC(OC)C1.Cl. The van der Waals surface area contributed by atoms with Crippen molar-refractivity contribution in [3.05, 3.63) is 0 Å². The van der Waals surface area contributed by atoms with Crippen molar-refractivity contribution in [1.82, 2.24) is 5.32 Å². The van der Waals surface area contributed by atoms with Crippen molar-refractivity contribution in [2.45, 2.75) is 18.6 Å². The number of rotatable bonds is 2. The lowest BCUT2D eigenvalue weighted by Gasteiger charge is -2.27. The third-order valence-electron chi connectivity index (χ3n) is 1.94. The van der Waals surface area contributed by atoms with Crippen molar-refractivity contribution < 1.29 is 9.47 Å². The maximum atomic E-state index is 5.18. The molecule has 0 radical (unpaired) electrons. The second kappa shape index (κ2) is 5.77. The molecule has 0 aliphatic carbocycles. The first-order valence-corrected chi connectivity index (χ1v) is 3.63. The predicted molar refractivity (Wildman–Crippen MR) is 46.3 cm³/mol. The van der Waals surface area contributed by atoms with Gasteiger partial charge in [0.25, 0.3) is 0 Å². The average molecular weight is 182 g/mol. The van der Waals surface area contributed by atoms with E-state index in [1.165, 1.54) is 0 Å². The van der Waals surface area contributed by atoms with Crippen LogP contribution in [-0.4, -0.2) is 39.5 Å². The van der Waals surface area contributed by atoms with E-state index in [-0.39, 0.29) is 12.4 Å². The van der Waals surface area contributed by atoms with Gasteiger partial charge in [-0.15, -0.1) is 12.4 Å². The molecular weight excluding hydrogens is 166 g/mol. The zero-order valence-electron chi connectivity index (χ0n) is 7.00. The second-order valence-corrected chi connectivity index (χ2v) is 2.61. The Morgan fingerprint density at radius 1 is 1.09 bits per heavy atom. The highest BCUT2D eigenvalue weighted by Gasteiger charge is 2.20. The number of methoxy groups -OCH3 is 2. The van der Waals surface area contributed by atoms with E-state index in [4.69, 9.17) is 9.47 Å². The lowest BCUT2D eigenvalue weighted by Crippen LogP contribution is -2.43. The molecule has 2 unspecified atom stereocenters. The predicted octanol–water partition coefficient (Wildman–Crippen LogP) is 0.432. The van der Waals surface area contributed by atoms with E-state index in [0.717, 1.165) is 19.5 Å². The van der Waals surface area contributed by atoms with Crippen molar-refractivity contribution in [2.75, 3.05) is 27.3 Å². The fraction of sp³-hybridized carbons (Fsp3) is 1.00. The number of halogens is 1. The Bertz CT molecular complexity index is 92.4. The van der Waals surface area contributed by atoms with Crippen molar-refractivity contribution in [3.8, 4) is 0 Å². The molecule has 1 saturated heterocycles. The molecule has 0 spiro atoms. The van der Waals surface area contributed by atoms with Gasteiger partial charge in [0.05, 0.1) is 12.2 Å². The van der Waals surface area contributed by atoms with Gasteiger partial charge in [-0.25, -0.2) is 0 Å². The Balaban J connectivity index is 0.000001000. The minimum absolute atomic E-state index is 0. The standard InChI is InChI=1S/C7H15NO2.ClH/c1-9-6-3-7(10-2)5-8-4-6;/h6-8H,3-5H2,1-2H3;1H. The molecule has 0 bridgehead atoms. The van der Waals surface area contributed by atoms with E-state index in [1.807, 2.05) is 0 Å². The Kier molecular flexibility index (Phi) is 5.86. The Hall–Kier alpha value is 0.170. The van der Waals surface area contributed by atoms with Crippen LogP contribution >= 0.6 is 12.4 Å². The molecule has 1 aliphatic rings. The van der Waals surface area contributed by atoms with E-state index in [9.17, 15) is 0 Å². The Morgan fingerprint density at radius 2 is 1.55 bits per heavy atom. The molecule has 0 saturated carbocycles. The van der Waals surface area contributed by atoms with Crippen molar-refractivity contribution in [1.29, 1.82) is 0 Å². The van der Waals surface area contributed by atoms with Crippen LogP contribution < -0.4 is 5.32 Å². The Morgan fingerprint density at radius 3 is 1.91 bits per heavy atom. The first-order chi connectivity index (χ1) is 4.86. The van der Waals surface area contributed by atoms with Gasteiger partial charge in [-0.2, -0.15) is 0 Å². The van der Waals surface area contributed by atoms with E-state index >= 15 is 0 Å². The van der Waals surface area contributed by atoms with E-state index in [0.29, 0.717) is 12.2 Å². The quantitative estimate of drug-likeness (QED) is 0.671. The first kappa shape index (κ1) is 11.2. The number of piperidine rings is 1. The van der Waals surface area contributed by atoms with Gasteiger partial charge in [0.15, 0.2) is 0 Å². The maximum Gasteiger partial charge on any atom is 0.0720 e. The van der Waals surface area contributed by atoms with Gasteiger partial charge in [-0.1, -0.05) is 0 Å². The summed E-state index contributed by atoms with van der Waals surface area (Å²) in [4.78, 5) is 0. The average Bonchev–Trinajstić information content (AvgIpc) is 2.05. The lowest BCUT2D eigenvalue weighted by molar-refractivity contribution is 0.00126. The molecule has 1 heterocycles. The molecule has 68 valence electrons. The summed E-state index contributed by atoms with van der Waals surface area (Å²) in [7, 11) is 3.48. The van der Waals surface area contributed by atoms with Gasteiger partial charge in [0.2, 0.25) is 0 Å². The van der Waals surface area contributed by atoms with Gasteiger partial charge in [0.1, 0.15) is 0 Å². The third kappa shape index (κ3) is 3.38. The van der Waals surface area contributed by atoms with Crippen molar-refractivity contribution in [2.24, 2.45) is 0 Å². The molecule has 0 aromatic rings. The lowest BCUT2D eigenvalue weighted by atomic mass is 10.1. The maximum absolute atomic E-state index is 5.18. The number of hydrogen-bond donors (Lipinski definition) is 1. The molecule has 0 amide bonds. The number of hydrogen-bond acceptors (Lipinski definition) is 3. The fourth-order valence-electron chi connectivity index (χ4n) is 1.22. The zero-order chi connectivity index (χ0) is 7.40. The summed E-state index contributed by atoms with van der Waals surface area (Å²) in [5, 5.41) is 3.24. The van der Waals surface area contributed by atoms with Crippen LogP contribution in [-0.2, 0) is 9.47 Å². The fourth-order valence-corrected chi connectivity index (χ4v) is 1.22. The van der Waals surface area contributed by atoms with E-state index in [2.05, 4.69) is 5.32 Å². The van der Waals surface area contributed by atoms with E-state index in [1.54, 1.807) is 14.2 Å². The molecule has 1 aliphatic heterocycles. The second-order valence-electron chi connectivity index (χ2n) is 2.61. The van der Waals surface area contributed by atoms with Gasteiger partial charge < -0.3 is 14.8 Å². The van der Waals surface area contributed by atoms with Crippen LogP contribution in [0.2, 0.25) is 0 Å². The molecule has 1 rings (SSSR count). The third-order valence-corrected chi connectivity index (χ3v) is 1.94. The molecule has 0 aromatic carbocycles. The van der Waals surface area contributed by atoms with Crippen molar-refractivity contribution in [3.63, 3.8) is 0 Å². The molecule has 1 fully saturated rings. The monoisotopic (exact) mass is 181 g/mol. The largest absolute Gasteiger partial charge is 0.380 e. The van der Waals surface area contributed by atoms with Crippen LogP contribution in [0.4, 0.5) is 0 Å². The summed E-state index contributed by atoms with van der Waals surface area (Å²) in [6.07, 6.45) is 1.68. The molecular formula is C7H16ClNO2. The molecule has 0 aromatic heterocycles. The van der Waals surface area contributed by atoms with Crippen LogP contribution in [0.1, 0.15) is 6.42 Å². The molecule has 4 heteroatoms. The van der Waals surface area contributed by atoms with Gasteiger partial charge >= 0.3 is 0 Å². The summed E-state index contributed by atoms with van der Waals surface area (Å²) in [6.45, 7) is 1.91. The summed E-state index contributed by atoms with van der Waals surface area (Å²) < 4.78 is 10.4. The smallest absolute Gasteiger partial charge is 0.0720 e. The summed E-state index contributed by atoms with van der Waals surface area (Å²) in [5.74, 6) is 0. The minimum atomic E-state index is 0. The summed E-state index contributed by atoms with van der Waals surface area (Å²) in [5.41, 5.74) is 0. The Labute approximate surface area is 73.9 Å². The first-order valence-electron chi connectivity index (χ1n) is 3.63. The van der Waals surface area contributed by atoms with Crippen molar-refractivity contribution >= 4 is 12.4 Å². The molecule has 2 atom stereocenters. The van der Waals surface area contributed by atoms with Gasteiger partial charge in [-0.3, -0.25) is 0 Å². The van der Waals surface area contributed by atoms with Crippen LogP contribution in [0.3, 0.4) is 0 Å². The number of nitrogens with one attached hydrogen (secondary N) is 1. The normalized spacial score (nSPS) is 31.1. The molecule has 3 nitrogen and oxygen atoms in total. The molecule has 1 N–H and O–H groups in total. The highest BCUT2D eigenvalue weighted by atomic mass is 35.5. The van der Waals surface area contributed by atoms with Crippen LogP contribution in [0.25, 0.3) is 0 Å². The van der Waals surface area contributed by atoms with Gasteiger partial charge in [0, 0.05) is 33.7 Å². The van der Waals surface area contributed by atoms with E-state index < -0.39 is 0 Å². The van der Waals surface area contributed by atoms with Crippen LogP contribution in [0.5, 0.6) is 0 Å². The topological polar surface area (TPSA) is 30.5 Å². The molecule has 11 heavy (non-hydrogen) atoms. The highest BCUT2D eigenvalue weighted by molar-refractivity contribution is 5.85. The van der Waals surface area contributed by atoms with Crippen LogP contribution in [0, 0.1) is 0 Å². The van der Waals surface area contributed by atoms with Crippen LogP contribution in [0.15, 0.2) is 0 Å². The number of ether oxygens (including phenoxy) is 2. The highest BCUT2D eigenvalue weighted by Crippen LogP contribution is 2.07. The van der Waals surface area contributed by atoms with Gasteiger partial charge in [-0.05, 0) is 0 Å². The summed E-state index contributed by atoms with van der Waals surface area (Å²) in [6, 6.07) is 0.